The van der Waals surface area contributed by atoms with Gasteiger partial charge in [0.2, 0.25) is 0 Å². The molecule has 0 saturated carbocycles. The summed E-state index contributed by atoms with van der Waals surface area (Å²) in [4.78, 5) is 1.62. The van der Waals surface area contributed by atoms with E-state index in [2.05, 4.69) is 72.2 Å². The van der Waals surface area contributed by atoms with Crippen molar-refractivity contribution in [3.05, 3.63) is 65.7 Å². The summed E-state index contributed by atoms with van der Waals surface area (Å²) >= 11 is 5.44. The topological polar surface area (TPSA) is 28.5 Å². The van der Waals surface area contributed by atoms with E-state index in [4.69, 9.17) is 12.2 Å². The lowest BCUT2D eigenvalue weighted by Gasteiger charge is -2.16. The van der Waals surface area contributed by atoms with Crippen molar-refractivity contribution in [3.8, 4) is 0 Å². The lowest BCUT2D eigenvalue weighted by molar-refractivity contribution is -0.901. The second kappa shape index (κ2) is 7.57. The predicted molar refractivity (Wildman–Crippen MR) is 99.8 cm³/mol. The zero-order valence-electron chi connectivity index (χ0n) is 13.5. The van der Waals surface area contributed by atoms with Crippen molar-refractivity contribution < 1.29 is 4.90 Å². The molecule has 2 aromatic rings. The molecule has 3 N–H and O–H groups in total. The second-order valence-electron chi connectivity index (χ2n) is 6.32. The average molecular weight is 326 g/mol. The number of hydrogen-bond acceptors (Lipinski definition) is 1. The summed E-state index contributed by atoms with van der Waals surface area (Å²) in [6.07, 6.45) is 1.16. The van der Waals surface area contributed by atoms with Crippen molar-refractivity contribution in [2.75, 3.05) is 18.4 Å². The average Bonchev–Trinajstić information content (AvgIpc) is 2.97. The lowest BCUT2D eigenvalue weighted by Crippen LogP contribution is -3.09. The number of anilines is 1. The summed E-state index contributed by atoms with van der Waals surface area (Å²) in [6.45, 7) is 5.49. The maximum absolute atomic E-state index is 5.44. The van der Waals surface area contributed by atoms with Gasteiger partial charge in [0.15, 0.2) is 5.11 Å². The lowest BCUT2D eigenvalue weighted by atomic mass is 10.2. The van der Waals surface area contributed by atoms with Gasteiger partial charge in [-0.2, -0.15) is 0 Å². The maximum atomic E-state index is 5.44. The zero-order chi connectivity index (χ0) is 16.1. The van der Waals surface area contributed by atoms with E-state index < -0.39 is 0 Å². The number of rotatable bonds is 4. The number of quaternary nitrogens is 1. The van der Waals surface area contributed by atoms with Gasteiger partial charge in [-0.3, -0.25) is 0 Å². The Kier molecular flexibility index (Phi) is 5.26. The highest BCUT2D eigenvalue weighted by Crippen LogP contribution is 2.08. The number of likely N-dealkylation sites (tertiary alicyclic amines) is 1. The number of benzene rings is 2. The first-order chi connectivity index (χ1) is 11.2. The largest absolute Gasteiger partial charge is 0.354 e. The number of hydrogen-bond donors (Lipinski definition) is 3. The van der Waals surface area contributed by atoms with Crippen LogP contribution in [-0.2, 0) is 6.54 Å². The van der Waals surface area contributed by atoms with E-state index in [9.17, 15) is 0 Å². The van der Waals surface area contributed by atoms with E-state index in [-0.39, 0.29) is 0 Å². The van der Waals surface area contributed by atoms with Gasteiger partial charge < -0.3 is 15.5 Å². The smallest absolute Gasteiger partial charge is 0.171 e. The first kappa shape index (κ1) is 16.0. The van der Waals surface area contributed by atoms with E-state index in [0.29, 0.717) is 6.04 Å². The normalized spacial score (nSPS) is 20.2. The van der Waals surface area contributed by atoms with Crippen molar-refractivity contribution in [2.45, 2.75) is 25.9 Å². The molecule has 3 nitrogen and oxygen atoms in total. The van der Waals surface area contributed by atoms with Crippen molar-refractivity contribution in [1.29, 1.82) is 0 Å². The van der Waals surface area contributed by atoms with Gasteiger partial charge in [0.25, 0.3) is 0 Å². The molecule has 1 aliphatic heterocycles. The quantitative estimate of drug-likeness (QED) is 0.752. The van der Waals surface area contributed by atoms with Crippen LogP contribution in [-0.4, -0.2) is 24.2 Å². The van der Waals surface area contributed by atoms with Gasteiger partial charge in [0, 0.05) is 17.7 Å². The van der Waals surface area contributed by atoms with Crippen molar-refractivity contribution >= 4 is 23.0 Å². The summed E-state index contributed by atoms with van der Waals surface area (Å²) in [5, 5.41) is 7.45. The fourth-order valence-corrected chi connectivity index (χ4v) is 3.37. The molecule has 3 rings (SSSR count). The molecule has 1 fully saturated rings. The minimum absolute atomic E-state index is 0.458. The Morgan fingerprint density at radius 2 is 1.87 bits per heavy atom. The SMILES string of the molecule is Cc1ccc(NC(=S)N[C@@H]2CC[NH+](Cc3ccccc3)C2)cc1. The second-order valence-corrected chi connectivity index (χ2v) is 6.72. The molecular weight excluding hydrogens is 302 g/mol. The van der Waals surface area contributed by atoms with Gasteiger partial charge >= 0.3 is 0 Å². The summed E-state index contributed by atoms with van der Waals surface area (Å²) < 4.78 is 0. The van der Waals surface area contributed by atoms with E-state index >= 15 is 0 Å². The Balaban J connectivity index is 1.46. The molecule has 0 aliphatic carbocycles. The molecule has 1 aliphatic rings. The van der Waals surface area contributed by atoms with Crippen LogP contribution in [0.25, 0.3) is 0 Å². The van der Waals surface area contributed by atoms with Crippen LogP contribution in [0.2, 0.25) is 0 Å². The summed E-state index contributed by atoms with van der Waals surface area (Å²) in [5.41, 5.74) is 3.70. The molecule has 2 aromatic carbocycles. The molecule has 0 radical (unpaired) electrons. The molecule has 0 aromatic heterocycles. The number of nitrogens with one attached hydrogen (secondary N) is 3. The van der Waals surface area contributed by atoms with Crippen molar-refractivity contribution in [1.82, 2.24) is 5.32 Å². The standard InChI is InChI=1S/C19H23N3S/c1-15-7-9-17(10-8-15)20-19(23)21-18-11-12-22(14-18)13-16-5-3-2-4-6-16/h2-10,18H,11-14H2,1H3,(H2,20,21,23)/p+1/t18-/m1/s1. The summed E-state index contributed by atoms with van der Waals surface area (Å²) in [5.74, 6) is 0. The fraction of sp³-hybridized carbons (Fsp3) is 0.316. The molecule has 0 spiro atoms. The van der Waals surface area contributed by atoms with Crippen LogP contribution in [0, 0.1) is 6.92 Å². The molecule has 120 valence electrons. The highest BCUT2D eigenvalue weighted by Gasteiger charge is 2.26. The number of thiocarbonyl (C=S) groups is 1. The Labute approximate surface area is 143 Å². The first-order valence-corrected chi connectivity index (χ1v) is 8.61. The molecule has 4 heteroatoms. The van der Waals surface area contributed by atoms with Gasteiger partial charge in [-0.1, -0.05) is 48.0 Å². The molecule has 1 heterocycles. The van der Waals surface area contributed by atoms with E-state index in [1.807, 2.05) is 0 Å². The van der Waals surface area contributed by atoms with E-state index in [1.54, 1.807) is 4.90 Å². The van der Waals surface area contributed by atoms with Crippen LogP contribution in [0.1, 0.15) is 17.5 Å². The molecule has 1 saturated heterocycles. The predicted octanol–water partition coefficient (Wildman–Crippen LogP) is 2.14. The monoisotopic (exact) mass is 326 g/mol. The fourth-order valence-electron chi connectivity index (χ4n) is 3.09. The van der Waals surface area contributed by atoms with Crippen LogP contribution >= 0.6 is 12.2 Å². The molecule has 2 atom stereocenters. The van der Waals surface area contributed by atoms with Crippen LogP contribution in [0.15, 0.2) is 54.6 Å². The third-order valence-corrected chi connectivity index (χ3v) is 4.54. The number of aryl methyl sites for hydroxylation is 1. The summed E-state index contributed by atoms with van der Waals surface area (Å²) in [6, 6.07) is 19.5. The van der Waals surface area contributed by atoms with Crippen LogP contribution in [0.4, 0.5) is 5.69 Å². The Morgan fingerprint density at radius 3 is 2.61 bits per heavy atom. The van der Waals surface area contributed by atoms with E-state index in [0.717, 1.165) is 30.3 Å². The highest BCUT2D eigenvalue weighted by molar-refractivity contribution is 7.80. The Hall–Kier alpha value is -1.91. The van der Waals surface area contributed by atoms with Crippen molar-refractivity contribution in [3.63, 3.8) is 0 Å². The van der Waals surface area contributed by atoms with Gasteiger partial charge in [-0.15, -0.1) is 0 Å². The van der Waals surface area contributed by atoms with Gasteiger partial charge in [0.05, 0.1) is 19.1 Å². The third-order valence-electron chi connectivity index (χ3n) is 4.32. The van der Waals surface area contributed by atoms with E-state index in [1.165, 1.54) is 17.7 Å². The van der Waals surface area contributed by atoms with Crippen LogP contribution in [0.5, 0.6) is 0 Å². The first-order valence-electron chi connectivity index (χ1n) is 8.21. The molecule has 0 amide bonds. The highest BCUT2D eigenvalue weighted by atomic mass is 32.1. The van der Waals surface area contributed by atoms with Gasteiger partial charge in [-0.05, 0) is 31.3 Å². The molecular formula is C19H24N3S+. The minimum atomic E-state index is 0.458. The minimum Gasteiger partial charge on any atom is -0.354 e. The van der Waals surface area contributed by atoms with Gasteiger partial charge in [-0.25, -0.2) is 0 Å². The maximum Gasteiger partial charge on any atom is 0.171 e. The Morgan fingerprint density at radius 1 is 1.13 bits per heavy atom. The molecule has 23 heavy (non-hydrogen) atoms. The molecule has 0 bridgehead atoms. The summed E-state index contributed by atoms with van der Waals surface area (Å²) in [7, 11) is 0. The molecule has 1 unspecified atom stereocenters. The third kappa shape index (κ3) is 4.78. The zero-order valence-corrected chi connectivity index (χ0v) is 14.3. The van der Waals surface area contributed by atoms with Gasteiger partial charge in [0.1, 0.15) is 6.54 Å². The van der Waals surface area contributed by atoms with Crippen LogP contribution < -0.4 is 15.5 Å². The Bertz CT molecular complexity index is 639. The van der Waals surface area contributed by atoms with Crippen LogP contribution in [0.3, 0.4) is 0 Å². The van der Waals surface area contributed by atoms with Crippen molar-refractivity contribution in [2.24, 2.45) is 0 Å².